The molecule has 0 saturated carbocycles. The van der Waals surface area contributed by atoms with Gasteiger partial charge in [0.15, 0.2) is 17.5 Å². The molecule has 1 fully saturated rings. The van der Waals surface area contributed by atoms with Crippen molar-refractivity contribution in [2.45, 2.75) is 13.5 Å². The van der Waals surface area contributed by atoms with E-state index in [1.807, 2.05) is 18.2 Å². The Labute approximate surface area is 204 Å². The van der Waals surface area contributed by atoms with E-state index in [0.717, 1.165) is 50.4 Å². The van der Waals surface area contributed by atoms with E-state index in [-0.39, 0.29) is 17.8 Å². The van der Waals surface area contributed by atoms with Gasteiger partial charge in [-0.1, -0.05) is 30.3 Å². The molecule has 36 heavy (non-hydrogen) atoms. The van der Waals surface area contributed by atoms with Gasteiger partial charge in [0, 0.05) is 43.4 Å². The zero-order valence-corrected chi connectivity index (χ0v) is 19.5. The molecule has 186 valence electrons. The molecule has 3 heterocycles. The van der Waals surface area contributed by atoms with Gasteiger partial charge in [0.1, 0.15) is 0 Å². The van der Waals surface area contributed by atoms with E-state index in [1.165, 1.54) is 16.8 Å². The van der Waals surface area contributed by atoms with E-state index in [9.17, 15) is 18.0 Å². The lowest BCUT2D eigenvalue weighted by molar-refractivity contribution is 0.262. The average molecular weight is 496 g/mol. The number of nitrogens with zero attached hydrogens (tertiary/aromatic N) is 6. The lowest BCUT2D eigenvalue weighted by atomic mass is 10.1. The lowest BCUT2D eigenvalue weighted by Gasteiger charge is -2.32. The van der Waals surface area contributed by atoms with Crippen LogP contribution >= 0.6 is 0 Å². The third-order valence-corrected chi connectivity index (χ3v) is 6.17. The van der Waals surface area contributed by atoms with Crippen LogP contribution in [0.15, 0.2) is 57.8 Å². The van der Waals surface area contributed by atoms with Gasteiger partial charge in [-0.2, -0.15) is 10.1 Å². The molecule has 2 aromatic heterocycles. The fourth-order valence-corrected chi connectivity index (χ4v) is 4.12. The van der Waals surface area contributed by atoms with Gasteiger partial charge in [-0.15, -0.1) is 0 Å². The summed E-state index contributed by atoms with van der Waals surface area (Å²) in [6, 6.07) is 12.0. The third-order valence-electron chi connectivity index (χ3n) is 6.17. The molecule has 0 unspecified atom stereocenters. The van der Waals surface area contributed by atoms with Crippen molar-refractivity contribution >= 4 is 6.01 Å². The van der Waals surface area contributed by atoms with Gasteiger partial charge in [-0.25, -0.2) is 17.9 Å². The van der Waals surface area contributed by atoms with E-state index in [4.69, 9.17) is 4.52 Å². The maximum Gasteiger partial charge on any atom is 0.324 e. The summed E-state index contributed by atoms with van der Waals surface area (Å²) in [5.41, 5.74) is 1.20. The van der Waals surface area contributed by atoms with Crippen LogP contribution in [0.4, 0.5) is 19.2 Å². The van der Waals surface area contributed by atoms with E-state index < -0.39 is 23.0 Å². The molecule has 8 nitrogen and oxygen atoms in total. The summed E-state index contributed by atoms with van der Waals surface area (Å²) in [7, 11) is 0. The molecule has 11 heteroatoms. The first-order valence-electron chi connectivity index (χ1n) is 11.5. The SMILES string of the molecule is CCN1CCN(c2nc(-c3cccc(Cn4nc(-c5cc(F)c(F)c(F)c5)ccc4=O)c3)no2)CC1. The largest absolute Gasteiger partial charge is 0.324 e. The van der Waals surface area contributed by atoms with Crippen molar-refractivity contribution in [3.8, 4) is 22.6 Å². The molecule has 1 aliphatic rings. The van der Waals surface area contributed by atoms with Gasteiger partial charge >= 0.3 is 6.01 Å². The molecule has 0 spiro atoms. The molecule has 0 amide bonds. The first kappa shape index (κ1) is 23.7. The van der Waals surface area contributed by atoms with Crippen LogP contribution in [0.5, 0.6) is 0 Å². The zero-order chi connectivity index (χ0) is 25.2. The van der Waals surface area contributed by atoms with Crippen LogP contribution in [0.2, 0.25) is 0 Å². The highest BCUT2D eigenvalue weighted by Gasteiger charge is 2.21. The maximum absolute atomic E-state index is 13.7. The van der Waals surface area contributed by atoms with Crippen LogP contribution < -0.4 is 10.5 Å². The summed E-state index contributed by atoms with van der Waals surface area (Å²) in [5, 5.41) is 8.34. The van der Waals surface area contributed by atoms with Crippen molar-refractivity contribution < 1.29 is 17.7 Å². The summed E-state index contributed by atoms with van der Waals surface area (Å²) >= 11 is 0. The normalized spacial score (nSPS) is 14.4. The summed E-state index contributed by atoms with van der Waals surface area (Å²) < 4.78 is 47.3. The summed E-state index contributed by atoms with van der Waals surface area (Å²) in [5.74, 6) is -3.79. The van der Waals surface area contributed by atoms with Crippen LogP contribution in [0.25, 0.3) is 22.6 Å². The number of aromatic nitrogens is 4. The molecule has 1 saturated heterocycles. The highest BCUT2D eigenvalue weighted by atomic mass is 19.2. The van der Waals surface area contributed by atoms with Crippen molar-refractivity contribution in [3.63, 3.8) is 0 Å². The number of hydrogen-bond donors (Lipinski definition) is 0. The first-order chi connectivity index (χ1) is 17.4. The summed E-state index contributed by atoms with van der Waals surface area (Å²) in [6.07, 6.45) is 0. The average Bonchev–Trinajstić information content (AvgIpc) is 3.39. The first-order valence-corrected chi connectivity index (χ1v) is 11.5. The van der Waals surface area contributed by atoms with Crippen molar-refractivity contribution in [1.82, 2.24) is 24.8 Å². The Kier molecular flexibility index (Phi) is 6.55. The maximum atomic E-state index is 13.7. The molecule has 0 atom stereocenters. The third kappa shape index (κ3) is 4.87. The molecule has 5 rings (SSSR count). The van der Waals surface area contributed by atoms with Crippen LogP contribution in [-0.4, -0.2) is 57.5 Å². The molecule has 0 N–H and O–H groups in total. The van der Waals surface area contributed by atoms with Crippen molar-refractivity contribution in [2.24, 2.45) is 0 Å². The van der Waals surface area contributed by atoms with Gasteiger partial charge in [0.25, 0.3) is 5.56 Å². The second-order valence-corrected chi connectivity index (χ2v) is 8.49. The predicted octanol–water partition coefficient (Wildman–Crippen LogP) is 3.57. The van der Waals surface area contributed by atoms with Gasteiger partial charge in [0.05, 0.1) is 12.2 Å². The molecule has 0 aliphatic carbocycles. The van der Waals surface area contributed by atoms with E-state index in [1.54, 1.807) is 6.07 Å². The Morgan fingerprint density at radius 2 is 1.69 bits per heavy atom. The van der Waals surface area contributed by atoms with Gasteiger partial charge < -0.3 is 14.3 Å². The minimum atomic E-state index is -1.56. The highest BCUT2D eigenvalue weighted by Crippen LogP contribution is 2.23. The summed E-state index contributed by atoms with van der Waals surface area (Å²) in [6.45, 7) is 6.72. The fraction of sp³-hybridized carbons (Fsp3) is 0.280. The second-order valence-electron chi connectivity index (χ2n) is 8.49. The van der Waals surface area contributed by atoms with Gasteiger partial charge in [0.2, 0.25) is 5.82 Å². The quantitative estimate of drug-likeness (QED) is 0.378. The fourth-order valence-electron chi connectivity index (χ4n) is 4.12. The molecular weight excluding hydrogens is 473 g/mol. The molecule has 4 aromatic rings. The number of piperazine rings is 1. The number of hydrogen-bond acceptors (Lipinski definition) is 7. The number of halogens is 3. The molecule has 2 aromatic carbocycles. The summed E-state index contributed by atoms with van der Waals surface area (Å²) in [4.78, 5) is 21.4. The number of anilines is 1. The monoisotopic (exact) mass is 496 g/mol. The van der Waals surface area contributed by atoms with Crippen LogP contribution in [0.1, 0.15) is 12.5 Å². The number of benzene rings is 2. The van der Waals surface area contributed by atoms with E-state index in [2.05, 4.69) is 32.0 Å². The van der Waals surface area contributed by atoms with E-state index >= 15 is 0 Å². The highest BCUT2D eigenvalue weighted by molar-refractivity contribution is 5.59. The Morgan fingerprint density at radius 1 is 0.944 bits per heavy atom. The van der Waals surface area contributed by atoms with Crippen LogP contribution in [0, 0.1) is 17.5 Å². The minimum Gasteiger partial charge on any atom is -0.322 e. The molecule has 1 aliphatic heterocycles. The van der Waals surface area contributed by atoms with Crippen LogP contribution in [-0.2, 0) is 6.54 Å². The van der Waals surface area contributed by atoms with Crippen molar-refractivity contribution in [1.29, 1.82) is 0 Å². The zero-order valence-electron chi connectivity index (χ0n) is 19.5. The lowest BCUT2D eigenvalue weighted by Crippen LogP contribution is -2.46. The Morgan fingerprint density at radius 3 is 2.42 bits per heavy atom. The number of likely N-dealkylation sites (N-methyl/N-ethyl adjacent to an activating group) is 1. The second kappa shape index (κ2) is 9.94. The Hall–Kier alpha value is -3.99. The smallest absolute Gasteiger partial charge is 0.322 e. The number of rotatable bonds is 6. The van der Waals surface area contributed by atoms with E-state index in [0.29, 0.717) is 17.4 Å². The standard InChI is InChI=1S/C25H23F3N6O2/c1-2-32-8-10-33(11-9-32)25-29-24(31-36-25)17-5-3-4-16(12-17)15-34-22(35)7-6-21(30-34)18-13-19(26)23(28)20(27)14-18/h3-7,12-14H,2,8-11,15H2,1H3. The van der Waals surface area contributed by atoms with Gasteiger partial charge in [-0.3, -0.25) is 4.79 Å². The molecular formula is C25H23F3N6O2. The minimum absolute atomic E-state index is 0.0213. The Balaban J connectivity index is 1.36. The predicted molar refractivity (Wildman–Crippen MR) is 127 cm³/mol. The topological polar surface area (TPSA) is 80.3 Å². The molecule has 0 bridgehead atoms. The van der Waals surface area contributed by atoms with Crippen LogP contribution in [0.3, 0.4) is 0 Å². The van der Waals surface area contributed by atoms with Crippen molar-refractivity contribution in [3.05, 3.63) is 81.9 Å². The van der Waals surface area contributed by atoms with Gasteiger partial charge in [-0.05, 0) is 36.4 Å². The Bertz CT molecular complexity index is 1420. The molecule has 0 radical (unpaired) electrons. The van der Waals surface area contributed by atoms with Crippen molar-refractivity contribution in [2.75, 3.05) is 37.6 Å².